The fraction of sp³-hybridized carbons (Fsp3) is 0.286. The smallest absolute Gasteiger partial charge is 0.338 e. The van der Waals surface area contributed by atoms with Gasteiger partial charge >= 0.3 is 5.97 Å². The Labute approximate surface area is 147 Å². The van der Waals surface area contributed by atoms with Crippen molar-refractivity contribution in [1.82, 2.24) is 0 Å². The van der Waals surface area contributed by atoms with E-state index in [1.807, 2.05) is 37.3 Å². The molecule has 1 heterocycles. The van der Waals surface area contributed by atoms with E-state index in [4.69, 9.17) is 4.74 Å². The van der Waals surface area contributed by atoms with Gasteiger partial charge in [-0.2, -0.15) is 0 Å². The summed E-state index contributed by atoms with van der Waals surface area (Å²) in [6.07, 6.45) is 5.35. The second-order valence-electron chi connectivity index (χ2n) is 6.56. The van der Waals surface area contributed by atoms with Gasteiger partial charge in [0.1, 0.15) is 5.75 Å². The molecule has 0 bridgehead atoms. The van der Waals surface area contributed by atoms with Crippen molar-refractivity contribution in [3.8, 4) is 5.75 Å². The van der Waals surface area contributed by atoms with E-state index < -0.39 is 0 Å². The number of phenolic OH excluding ortho intramolecular Hbond substituents is 1. The first-order valence-corrected chi connectivity index (χ1v) is 8.71. The van der Waals surface area contributed by atoms with Gasteiger partial charge in [-0.1, -0.05) is 30.4 Å². The number of aromatic hydroxyl groups is 1. The average molecular weight is 335 g/mol. The average Bonchev–Trinajstić information content (AvgIpc) is 3.11. The lowest BCUT2D eigenvalue weighted by Crippen LogP contribution is -2.29. The number of carbonyl (C=O) groups is 1. The Balaban J connectivity index is 1.74. The highest BCUT2D eigenvalue weighted by Gasteiger charge is 2.39. The molecule has 0 spiro atoms. The summed E-state index contributed by atoms with van der Waals surface area (Å²) in [5.41, 5.74) is 3.63. The van der Waals surface area contributed by atoms with Crippen LogP contribution in [-0.4, -0.2) is 17.7 Å². The van der Waals surface area contributed by atoms with Crippen LogP contribution in [-0.2, 0) is 4.74 Å². The molecule has 1 aliphatic carbocycles. The molecule has 2 aliphatic rings. The molecule has 0 saturated heterocycles. The molecule has 4 nitrogen and oxygen atoms in total. The van der Waals surface area contributed by atoms with Crippen molar-refractivity contribution in [2.75, 3.05) is 11.9 Å². The van der Waals surface area contributed by atoms with Gasteiger partial charge in [-0.25, -0.2) is 4.79 Å². The molecule has 0 fully saturated rings. The van der Waals surface area contributed by atoms with Crippen LogP contribution in [0.15, 0.2) is 54.6 Å². The van der Waals surface area contributed by atoms with Gasteiger partial charge < -0.3 is 15.2 Å². The number of rotatable bonds is 3. The Morgan fingerprint density at radius 1 is 1.24 bits per heavy atom. The maximum absolute atomic E-state index is 12.1. The number of esters is 1. The molecule has 0 aromatic heterocycles. The molecule has 1 aliphatic heterocycles. The second-order valence-corrected chi connectivity index (χ2v) is 6.56. The number of hydrogen-bond donors (Lipinski definition) is 2. The van der Waals surface area contributed by atoms with E-state index in [1.165, 1.54) is 0 Å². The molecule has 2 aromatic carbocycles. The van der Waals surface area contributed by atoms with Crippen LogP contribution in [0.2, 0.25) is 0 Å². The van der Waals surface area contributed by atoms with Crippen molar-refractivity contribution >= 4 is 11.7 Å². The van der Waals surface area contributed by atoms with Gasteiger partial charge in [-0.05, 0) is 49.1 Å². The Morgan fingerprint density at radius 2 is 2.08 bits per heavy atom. The number of benzene rings is 2. The molecular formula is C21H21NO3. The normalized spacial score (nSPS) is 23.5. The molecule has 128 valence electrons. The maximum atomic E-state index is 12.1. The lowest BCUT2D eigenvalue weighted by Gasteiger charge is -2.37. The summed E-state index contributed by atoms with van der Waals surface area (Å²) in [6, 6.07) is 13.2. The van der Waals surface area contributed by atoms with Gasteiger partial charge in [0.2, 0.25) is 0 Å². The summed E-state index contributed by atoms with van der Waals surface area (Å²) in [4.78, 5) is 12.1. The number of para-hydroxylation sites is 1. The number of allylic oxidation sites excluding steroid dienone is 2. The molecule has 25 heavy (non-hydrogen) atoms. The van der Waals surface area contributed by atoms with Gasteiger partial charge in [-0.15, -0.1) is 0 Å². The Morgan fingerprint density at radius 3 is 2.88 bits per heavy atom. The van der Waals surface area contributed by atoms with Gasteiger partial charge in [0.15, 0.2) is 0 Å². The van der Waals surface area contributed by atoms with Crippen molar-refractivity contribution in [3.05, 3.63) is 71.3 Å². The highest BCUT2D eigenvalue weighted by Crippen LogP contribution is 2.51. The van der Waals surface area contributed by atoms with Crippen LogP contribution in [0.1, 0.15) is 46.8 Å². The first kappa shape index (κ1) is 15.8. The lowest BCUT2D eigenvalue weighted by molar-refractivity contribution is 0.0526. The highest BCUT2D eigenvalue weighted by molar-refractivity contribution is 5.90. The Bertz CT molecular complexity index is 843. The number of fused-ring (bicyclic) bond motifs is 3. The van der Waals surface area contributed by atoms with Crippen LogP contribution in [0.3, 0.4) is 0 Å². The quantitative estimate of drug-likeness (QED) is 0.645. The summed E-state index contributed by atoms with van der Waals surface area (Å²) in [7, 11) is 0. The minimum Gasteiger partial charge on any atom is -0.508 e. The number of phenols is 1. The first-order valence-electron chi connectivity index (χ1n) is 8.71. The second kappa shape index (κ2) is 6.28. The molecule has 3 atom stereocenters. The summed E-state index contributed by atoms with van der Waals surface area (Å²) < 4.78 is 5.13. The molecular weight excluding hydrogens is 314 g/mol. The number of carbonyl (C=O) groups excluding carboxylic acids is 1. The highest BCUT2D eigenvalue weighted by atomic mass is 16.5. The van der Waals surface area contributed by atoms with E-state index >= 15 is 0 Å². The van der Waals surface area contributed by atoms with E-state index in [2.05, 4.69) is 17.5 Å². The van der Waals surface area contributed by atoms with Crippen LogP contribution in [0.5, 0.6) is 5.75 Å². The number of hydrogen-bond acceptors (Lipinski definition) is 4. The standard InChI is InChI=1S/C21H21NO3/c1-2-25-21(24)13-10-11-18-17(12-13)14-7-5-8-15(14)20(22-18)16-6-3-4-9-19(16)23/h3-7,9-12,14-15,20,22-23H,2,8H2,1H3. The van der Waals surface area contributed by atoms with Crippen molar-refractivity contribution < 1.29 is 14.6 Å². The summed E-state index contributed by atoms with van der Waals surface area (Å²) in [6.45, 7) is 2.18. The number of ether oxygens (including phenoxy) is 1. The predicted octanol–water partition coefficient (Wildman–Crippen LogP) is 4.40. The minimum absolute atomic E-state index is 0.0437. The molecule has 0 amide bonds. The molecule has 2 aromatic rings. The molecule has 4 rings (SSSR count). The van der Waals surface area contributed by atoms with E-state index in [0.29, 0.717) is 23.8 Å². The zero-order valence-electron chi connectivity index (χ0n) is 14.1. The third-order valence-corrected chi connectivity index (χ3v) is 5.15. The zero-order valence-corrected chi connectivity index (χ0v) is 14.1. The topological polar surface area (TPSA) is 58.6 Å². The monoisotopic (exact) mass is 335 g/mol. The molecule has 2 N–H and O–H groups in total. The summed E-state index contributed by atoms with van der Waals surface area (Å²) in [5, 5.41) is 13.9. The summed E-state index contributed by atoms with van der Waals surface area (Å²) >= 11 is 0. The summed E-state index contributed by atoms with van der Waals surface area (Å²) in [5.74, 6) is 0.581. The largest absolute Gasteiger partial charge is 0.508 e. The van der Waals surface area contributed by atoms with Crippen LogP contribution in [0.4, 0.5) is 5.69 Å². The van der Waals surface area contributed by atoms with Crippen LogP contribution in [0, 0.1) is 5.92 Å². The number of nitrogens with one attached hydrogen (secondary N) is 1. The Kier molecular flexibility index (Phi) is 3.96. The number of anilines is 1. The van der Waals surface area contributed by atoms with Gasteiger partial charge in [0.25, 0.3) is 0 Å². The van der Waals surface area contributed by atoms with E-state index in [-0.39, 0.29) is 17.9 Å². The molecule has 0 saturated carbocycles. The van der Waals surface area contributed by atoms with Crippen molar-refractivity contribution in [2.45, 2.75) is 25.3 Å². The van der Waals surface area contributed by atoms with Gasteiger partial charge in [-0.3, -0.25) is 0 Å². The maximum Gasteiger partial charge on any atom is 0.338 e. The van der Waals surface area contributed by atoms with Gasteiger partial charge in [0, 0.05) is 17.2 Å². The van der Waals surface area contributed by atoms with E-state index in [9.17, 15) is 9.90 Å². The van der Waals surface area contributed by atoms with Gasteiger partial charge in [0.05, 0.1) is 18.2 Å². The third kappa shape index (κ3) is 2.68. The molecule has 4 heteroatoms. The van der Waals surface area contributed by atoms with Crippen LogP contribution in [0.25, 0.3) is 0 Å². The first-order chi connectivity index (χ1) is 12.2. The van der Waals surface area contributed by atoms with Crippen molar-refractivity contribution in [1.29, 1.82) is 0 Å². The molecule has 3 unspecified atom stereocenters. The SMILES string of the molecule is CCOC(=O)c1ccc2c(c1)C1C=CCC1C(c1ccccc1O)N2. The zero-order chi connectivity index (χ0) is 17.4. The minimum atomic E-state index is -0.286. The molecule has 0 radical (unpaired) electrons. The fourth-order valence-electron chi connectivity index (χ4n) is 3.99. The van der Waals surface area contributed by atoms with E-state index in [0.717, 1.165) is 23.2 Å². The Hall–Kier alpha value is -2.75. The van der Waals surface area contributed by atoms with E-state index in [1.54, 1.807) is 12.1 Å². The lowest BCUT2D eigenvalue weighted by atomic mass is 9.76. The fourth-order valence-corrected chi connectivity index (χ4v) is 3.99. The van der Waals surface area contributed by atoms with Crippen molar-refractivity contribution in [3.63, 3.8) is 0 Å². The van der Waals surface area contributed by atoms with Crippen molar-refractivity contribution in [2.24, 2.45) is 5.92 Å². The predicted molar refractivity (Wildman–Crippen MR) is 96.9 cm³/mol. The van der Waals surface area contributed by atoms with Crippen LogP contribution >= 0.6 is 0 Å². The van der Waals surface area contributed by atoms with Crippen LogP contribution < -0.4 is 5.32 Å². The third-order valence-electron chi connectivity index (χ3n) is 5.15.